The number of hydrogen-bond donors (Lipinski definition) is 2. The molecule has 1 aliphatic heterocycles. The second-order valence-corrected chi connectivity index (χ2v) is 9.39. The fourth-order valence-electron chi connectivity index (χ4n) is 3.73. The predicted molar refractivity (Wildman–Crippen MR) is 113 cm³/mol. The van der Waals surface area contributed by atoms with Crippen LogP contribution in [0.3, 0.4) is 0 Å². The zero-order valence-electron chi connectivity index (χ0n) is 17.8. The molecule has 2 aromatic rings. The SMILES string of the molecule is CC(C)(C)C[C@@H](N)C(=O)N1C[C@@H](F)C[C@H]1C(=O)NCc1cc(Cl)ccc1-n1cnnn1. The Hall–Kier alpha value is -2.59. The van der Waals surface area contributed by atoms with Crippen LogP contribution >= 0.6 is 11.6 Å². The zero-order valence-corrected chi connectivity index (χ0v) is 18.5. The largest absolute Gasteiger partial charge is 0.350 e. The number of nitrogens with one attached hydrogen (secondary N) is 1. The molecule has 3 rings (SSSR count). The highest BCUT2D eigenvalue weighted by atomic mass is 35.5. The average Bonchev–Trinajstić information content (AvgIpc) is 3.34. The summed E-state index contributed by atoms with van der Waals surface area (Å²) in [5.41, 5.74) is 7.21. The van der Waals surface area contributed by atoms with Crippen molar-refractivity contribution in [2.75, 3.05) is 6.54 Å². The van der Waals surface area contributed by atoms with Gasteiger partial charge in [0.05, 0.1) is 18.3 Å². The Balaban J connectivity index is 1.71. The molecule has 9 nitrogen and oxygen atoms in total. The van der Waals surface area contributed by atoms with Gasteiger partial charge in [0.2, 0.25) is 11.8 Å². The van der Waals surface area contributed by atoms with Crippen LogP contribution in [0.2, 0.25) is 5.02 Å². The summed E-state index contributed by atoms with van der Waals surface area (Å²) in [6, 6.07) is 3.40. The van der Waals surface area contributed by atoms with Gasteiger partial charge in [0, 0.05) is 18.0 Å². The number of likely N-dealkylation sites (tertiary alicyclic amines) is 1. The molecule has 3 N–H and O–H groups in total. The summed E-state index contributed by atoms with van der Waals surface area (Å²) in [4.78, 5) is 27.0. The molecule has 2 heterocycles. The maximum absolute atomic E-state index is 14.2. The van der Waals surface area contributed by atoms with Crippen LogP contribution in [0, 0.1) is 5.41 Å². The van der Waals surface area contributed by atoms with Gasteiger partial charge in [-0.25, -0.2) is 9.07 Å². The van der Waals surface area contributed by atoms with Gasteiger partial charge in [0.15, 0.2) is 0 Å². The summed E-state index contributed by atoms with van der Waals surface area (Å²) in [6.07, 6.45) is 0.529. The number of amides is 2. The number of benzene rings is 1. The first-order chi connectivity index (χ1) is 14.5. The lowest BCUT2D eigenvalue weighted by Crippen LogP contribution is -2.51. The molecular weight excluding hydrogens is 425 g/mol. The number of tetrazole rings is 1. The topological polar surface area (TPSA) is 119 Å². The number of halogens is 2. The van der Waals surface area contributed by atoms with Crippen LogP contribution in [0.4, 0.5) is 4.39 Å². The predicted octanol–water partition coefficient (Wildman–Crippen LogP) is 1.63. The van der Waals surface area contributed by atoms with E-state index < -0.39 is 30.1 Å². The highest BCUT2D eigenvalue weighted by molar-refractivity contribution is 6.30. The minimum atomic E-state index is -1.27. The van der Waals surface area contributed by atoms with E-state index >= 15 is 0 Å². The molecule has 0 bridgehead atoms. The molecule has 1 aromatic heterocycles. The van der Waals surface area contributed by atoms with Gasteiger partial charge in [-0.3, -0.25) is 9.59 Å². The minimum Gasteiger partial charge on any atom is -0.350 e. The molecule has 11 heteroatoms. The summed E-state index contributed by atoms with van der Waals surface area (Å²) in [6.45, 7) is 5.89. The molecule has 3 atom stereocenters. The summed E-state index contributed by atoms with van der Waals surface area (Å²) in [7, 11) is 0. The fraction of sp³-hybridized carbons (Fsp3) is 0.550. The van der Waals surface area contributed by atoms with Gasteiger partial charge in [-0.1, -0.05) is 32.4 Å². The Morgan fingerprint density at radius 3 is 2.77 bits per heavy atom. The molecule has 1 aliphatic rings. The number of rotatable bonds is 6. The number of nitrogens with two attached hydrogens (primary N) is 1. The quantitative estimate of drug-likeness (QED) is 0.689. The van der Waals surface area contributed by atoms with E-state index in [1.165, 1.54) is 15.9 Å². The third kappa shape index (κ3) is 5.76. The van der Waals surface area contributed by atoms with Crippen LogP contribution in [0.15, 0.2) is 24.5 Å². The van der Waals surface area contributed by atoms with Crippen LogP contribution in [0.5, 0.6) is 0 Å². The maximum Gasteiger partial charge on any atom is 0.243 e. The lowest BCUT2D eigenvalue weighted by Gasteiger charge is -2.29. The molecule has 2 amide bonds. The van der Waals surface area contributed by atoms with Crippen molar-refractivity contribution in [3.63, 3.8) is 0 Å². The second-order valence-electron chi connectivity index (χ2n) is 8.96. The van der Waals surface area contributed by atoms with Crippen molar-refractivity contribution in [2.24, 2.45) is 11.1 Å². The number of nitrogens with zero attached hydrogens (tertiary/aromatic N) is 5. The average molecular weight is 452 g/mol. The van der Waals surface area contributed by atoms with Crippen molar-refractivity contribution in [3.05, 3.63) is 35.1 Å². The van der Waals surface area contributed by atoms with E-state index in [9.17, 15) is 14.0 Å². The Bertz CT molecular complexity index is 932. The van der Waals surface area contributed by atoms with Crippen molar-refractivity contribution in [1.82, 2.24) is 30.4 Å². The lowest BCUT2D eigenvalue weighted by molar-refractivity contribution is -0.140. The molecule has 168 valence electrons. The molecule has 0 saturated carbocycles. The number of hydrogen-bond acceptors (Lipinski definition) is 6. The number of aromatic nitrogens is 4. The van der Waals surface area contributed by atoms with E-state index in [4.69, 9.17) is 17.3 Å². The van der Waals surface area contributed by atoms with E-state index in [1.54, 1.807) is 18.2 Å². The summed E-state index contributed by atoms with van der Waals surface area (Å²) in [5.74, 6) is -0.855. The van der Waals surface area contributed by atoms with Gasteiger partial charge >= 0.3 is 0 Å². The van der Waals surface area contributed by atoms with Crippen molar-refractivity contribution in [1.29, 1.82) is 0 Å². The second kappa shape index (κ2) is 9.27. The van der Waals surface area contributed by atoms with Crippen molar-refractivity contribution >= 4 is 23.4 Å². The highest BCUT2D eigenvalue weighted by Gasteiger charge is 2.41. The summed E-state index contributed by atoms with van der Waals surface area (Å²) < 4.78 is 15.6. The Labute approximate surface area is 185 Å². The summed E-state index contributed by atoms with van der Waals surface area (Å²) in [5, 5.41) is 14.4. The van der Waals surface area contributed by atoms with E-state index in [1.807, 2.05) is 20.8 Å². The molecule has 1 fully saturated rings. The normalized spacial score (nSPS) is 20.0. The fourth-order valence-corrected chi connectivity index (χ4v) is 3.92. The molecule has 1 saturated heterocycles. The number of carbonyl (C=O) groups is 2. The van der Waals surface area contributed by atoms with Gasteiger partial charge in [-0.2, -0.15) is 0 Å². The first-order valence-corrected chi connectivity index (χ1v) is 10.4. The van der Waals surface area contributed by atoms with Crippen LogP contribution in [-0.2, 0) is 16.1 Å². The van der Waals surface area contributed by atoms with Gasteiger partial charge in [-0.05, 0) is 46.0 Å². The highest BCUT2D eigenvalue weighted by Crippen LogP contribution is 2.26. The van der Waals surface area contributed by atoms with Crippen molar-refractivity contribution in [3.8, 4) is 5.69 Å². The van der Waals surface area contributed by atoms with E-state index in [0.717, 1.165) is 0 Å². The number of carbonyl (C=O) groups excluding carboxylic acids is 2. The first kappa shape index (κ1) is 23.1. The van der Waals surface area contributed by atoms with Gasteiger partial charge in [0.1, 0.15) is 18.5 Å². The Kier molecular flexibility index (Phi) is 6.90. The molecule has 0 unspecified atom stereocenters. The maximum atomic E-state index is 14.2. The molecule has 31 heavy (non-hydrogen) atoms. The van der Waals surface area contributed by atoms with E-state index in [0.29, 0.717) is 22.7 Å². The van der Waals surface area contributed by atoms with Gasteiger partial charge in [-0.15, -0.1) is 5.10 Å². The minimum absolute atomic E-state index is 0.0603. The lowest BCUT2D eigenvalue weighted by atomic mass is 9.88. The van der Waals surface area contributed by atoms with Crippen molar-refractivity contribution < 1.29 is 14.0 Å². The van der Waals surface area contributed by atoms with Gasteiger partial charge < -0.3 is 16.0 Å². The van der Waals surface area contributed by atoms with E-state index in [-0.39, 0.29) is 24.9 Å². The third-order valence-corrected chi connectivity index (χ3v) is 5.31. The molecule has 0 spiro atoms. The van der Waals surface area contributed by atoms with E-state index in [2.05, 4.69) is 20.8 Å². The summed E-state index contributed by atoms with van der Waals surface area (Å²) >= 11 is 6.10. The zero-order chi connectivity index (χ0) is 22.8. The Morgan fingerprint density at radius 2 is 2.13 bits per heavy atom. The van der Waals surface area contributed by atoms with Crippen molar-refractivity contribution in [2.45, 2.75) is 58.4 Å². The third-order valence-electron chi connectivity index (χ3n) is 5.08. The number of alkyl halides is 1. The van der Waals surface area contributed by atoms with Crippen LogP contribution in [0.25, 0.3) is 5.69 Å². The first-order valence-electron chi connectivity index (χ1n) is 10.0. The van der Waals surface area contributed by atoms with Crippen LogP contribution < -0.4 is 11.1 Å². The monoisotopic (exact) mass is 451 g/mol. The molecule has 1 aromatic carbocycles. The van der Waals surface area contributed by atoms with Crippen LogP contribution in [-0.4, -0.2) is 61.7 Å². The standard InChI is InChI=1S/C20H27ClFN7O2/c1-20(2,3)8-15(23)19(31)28-10-14(22)7-17(28)18(30)24-9-12-6-13(21)4-5-16(12)29-11-25-26-27-29/h4-6,11,14-15,17H,7-10,23H2,1-3H3,(H,24,30)/t14-,15+,17-/m0/s1. The smallest absolute Gasteiger partial charge is 0.243 e. The molecule has 0 aliphatic carbocycles. The Morgan fingerprint density at radius 1 is 1.39 bits per heavy atom. The van der Waals surface area contributed by atoms with Gasteiger partial charge in [0.25, 0.3) is 0 Å². The molecule has 0 radical (unpaired) electrons. The molecular formula is C20H27ClFN7O2. The van der Waals surface area contributed by atoms with Crippen LogP contribution in [0.1, 0.15) is 39.2 Å².